The van der Waals surface area contributed by atoms with E-state index in [0.717, 1.165) is 0 Å². The Hall–Kier alpha value is -4.68. The molecule has 36 heavy (non-hydrogen) atoms. The molecule has 0 aliphatic heterocycles. The summed E-state index contributed by atoms with van der Waals surface area (Å²) in [6, 6.07) is 6.57. The summed E-state index contributed by atoms with van der Waals surface area (Å²) < 4.78 is 0. The molecular formula is C23H23N7O6. The molecule has 0 fully saturated rings. The highest BCUT2D eigenvalue weighted by Crippen LogP contribution is 2.23. The molecule has 186 valence electrons. The molecule has 0 saturated heterocycles. The number of anilines is 1. The molecule has 3 aromatic rings. The van der Waals surface area contributed by atoms with Gasteiger partial charge >= 0.3 is 11.9 Å². The van der Waals surface area contributed by atoms with Crippen molar-refractivity contribution in [2.75, 3.05) is 5.32 Å². The second-order valence-corrected chi connectivity index (χ2v) is 7.72. The van der Waals surface area contributed by atoms with E-state index in [0.29, 0.717) is 16.9 Å². The van der Waals surface area contributed by atoms with Crippen LogP contribution in [0.3, 0.4) is 0 Å². The SMILES string of the molecule is O=C(O)CCCC(=O)Cc1cccnc1-c1nnc(-c2ncccc2NC(=O)CCCC(=O)O)nn1. The summed E-state index contributed by atoms with van der Waals surface area (Å²) >= 11 is 0. The first-order valence-corrected chi connectivity index (χ1v) is 11.1. The Balaban J connectivity index is 1.73. The molecule has 3 heterocycles. The van der Waals surface area contributed by atoms with Gasteiger partial charge in [-0.25, -0.2) is 0 Å². The number of carbonyl (C=O) groups is 4. The van der Waals surface area contributed by atoms with E-state index in [1.807, 2.05) is 0 Å². The molecule has 3 N–H and O–H groups in total. The lowest BCUT2D eigenvalue weighted by Crippen LogP contribution is -2.14. The number of amides is 1. The smallest absolute Gasteiger partial charge is 0.303 e. The van der Waals surface area contributed by atoms with E-state index in [4.69, 9.17) is 10.2 Å². The van der Waals surface area contributed by atoms with Crippen molar-refractivity contribution in [3.8, 4) is 23.0 Å². The number of nitrogens with one attached hydrogen (secondary N) is 1. The van der Waals surface area contributed by atoms with Crippen molar-refractivity contribution >= 4 is 29.3 Å². The van der Waals surface area contributed by atoms with Crippen LogP contribution in [0.2, 0.25) is 0 Å². The number of carboxylic acids is 2. The number of carboxylic acid groups (broad SMARTS) is 2. The van der Waals surface area contributed by atoms with E-state index >= 15 is 0 Å². The molecule has 0 radical (unpaired) electrons. The normalized spacial score (nSPS) is 10.6. The Morgan fingerprint density at radius 3 is 1.92 bits per heavy atom. The molecule has 3 rings (SSSR count). The van der Waals surface area contributed by atoms with Crippen LogP contribution in [0.1, 0.15) is 44.1 Å². The van der Waals surface area contributed by atoms with Gasteiger partial charge in [-0.3, -0.25) is 29.1 Å². The van der Waals surface area contributed by atoms with Crippen LogP contribution >= 0.6 is 0 Å². The fourth-order valence-electron chi connectivity index (χ4n) is 3.24. The number of rotatable bonds is 13. The summed E-state index contributed by atoms with van der Waals surface area (Å²) in [5.41, 5.74) is 1.43. The first kappa shape index (κ1) is 25.9. The number of nitrogens with zero attached hydrogens (tertiary/aromatic N) is 6. The minimum atomic E-state index is -0.978. The van der Waals surface area contributed by atoms with E-state index in [1.165, 1.54) is 12.4 Å². The van der Waals surface area contributed by atoms with Gasteiger partial charge in [0, 0.05) is 44.5 Å². The van der Waals surface area contributed by atoms with Gasteiger partial charge in [-0.15, -0.1) is 20.4 Å². The Bertz CT molecular complexity index is 1150. The molecule has 13 nitrogen and oxygen atoms in total. The zero-order valence-corrected chi connectivity index (χ0v) is 19.1. The zero-order chi connectivity index (χ0) is 25.9. The van der Waals surface area contributed by atoms with Gasteiger partial charge in [0.05, 0.1) is 5.69 Å². The van der Waals surface area contributed by atoms with E-state index < -0.39 is 11.9 Å². The molecule has 0 aromatic carbocycles. The lowest BCUT2D eigenvalue weighted by molar-refractivity contribution is -0.138. The monoisotopic (exact) mass is 493 g/mol. The van der Waals surface area contributed by atoms with Crippen molar-refractivity contribution in [1.82, 2.24) is 30.4 Å². The highest BCUT2D eigenvalue weighted by Gasteiger charge is 2.17. The van der Waals surface area contributed by atoms with Crippen molar-refractivity contribution in [2.24, 2.45) is 0 Å². The third-order valence-electron chi connectivity index (χ3n) is 4.90. The molecular weight excluding hydrogens is 470 g/mol. The first-order chi connectivity index (χ1) is 17.3. The van der Waals surface area contributed by atoms with E-state index in [9.17, 15) is 19.2 Å². The topological polar surface area (TPSA) is 198 Å². The van der Waals surface area contributed by atoms with Crippen molar-refractivity contribution in [2.45, 2.75) is 44.9 Å². The highest BCUT2D eigenvalue weighted by atomic mass is 16.4. The summed E-state index contributed by atoms with van der Waals surface area (Å²) in [6.45, 7) is 0. The van der Waals surface area contributed by atoms with Gasteiger partial charge in [0.1, 0.15) is 17.2 Å². The van der Waals surface area contributed by atoms with Crippen LogP contribution < -0.4 is 5.32 Å². The predicted octanol–water partition coefficient (Wildman–Crippen LogP) is 1.95. The molecule has 0 bridgehead atoms. The Kier molecular flexibility index (Phi) is 9.14. The van der Waals surface area contributed by atoms with Gasteiger partial charge in [0.25, 0.3) is 0 Å². The van der Waals surface area contributed by atoms with Crippen LogP contribution in [0, 0.1) is 0 Å². The van der Waals surface area contributed by atoms with Crippen molar-refractivity contribution in [3.63, 3.8) is 0 Å². The summed E-state index contributed by atoms with van der Waals surface area (Å²) in [4.78, 5) is 54.2. The average molecular weight is 493 g/mol. The van der Waals surface area contributed by atoms with Gasteiger partial charge in [0.15, 0.2) is 0 Å². The number of ketones is 1. The molecule has 13 heteroatoms. The molecule has 0 atom stereocenters. The number of pyridine rings is 2. The second kappa shape index (κ2) is 12.7. The van der Waals surface area contributed by atoms with Crippen LogP contribution in [0.4, 0.5) is 5.69 Å². The maximum absolute atomic E-state index is 12.3. The van der Waals surface area contributed by atoms with Crippen LogP contribution in [0.15, 0.2) is 36.7 Å². The van der Waals surface area contributed by atoms with Crippen LogP contribution in [-0.4, -0.2) is 64.2 Å². The number of aliphatic carboxylic acids is 2. The fraction of sp³-hybridized carbons (Fsp3) is 0.304. The van der Waals surface area contributed by atoms with Crippen molar-refractivity contribution < 1.29 is 29.4 Å². The molecule has 0 unspecified atom stereocenters. The lowest BCUT2D eigenvalue weighted by Gasteiger charge is -2.09. The Morgan fingerprint density at radius 1 is 0.722 bits per heavy atom. The number of aromatic nitrogens is 6. The minimum absolute atomic E-state index is 0.0222. The van der Waals surface area contributed by atoms with Gasteiger partial charge in [-0.2, -0.15) is 0 Å². The summed E-state index contributed by atoms with van der Waals surface area (Å²) in [5.74, 6) is -2.32. The molecule has 1 amide bonds. The molecule has 0 spiro atoms. The quantitative estimate of drug-likeness (QED) is 0.313. The fourth-order valence-corrected chi connectivity index (χ4v) is 3.24. The maximum atomic E-state index is 12.3. The van der Waals surface area contributed by atoms with Gasteiger partial charge in [-0.1, -0.05) is 6.07 Å². The largest absolute Gasteiger partial charge is 0.481 e. The molecule has 3 aromatic heterocycles. The van der Waals surface area contributed by atoms with Crippen LogP contribution in [0.5, 0.6) is 0 Å². The number of hydrogen-bond donors (Lipinski definition) is 3. The van der Waals surface area contributed by atoms with E-state index in [1.54, 1.807) is 24.3 Å². The third-order valence-corrected chi connectivity index (χ3v) is 4.90. The van der Waals surface area contributed by atoms with Gasteiger partial charge < -0.3 is 15.5 Å². The van der Waals surface area contributed by atoms with Gasteiger partial charge in [-0.05, 0) is 36.6 Å². The van der Waals surface area contributed by atoms with Crippen molar-refractivity contribution in [3.05, 3.63) is 42.2 Å². The summed E-state index contributed by atoms with van der Waals surface area (Å²) in [5, 5.41) is 36.4. The Morgan fingerprint density at radius 2 is 1.28 bits per heavy atom. The number of carbonyl (C=O) groups excluding carboxylic acids is 2. The zero-order valence-electron chi connectivity index (χ0n) is 19.1. The summed E-state index contributed by atoms with van der Waals surface area (Å²) in [7, 11) is 0. The predicted molar refractivity (Wildman–Crippen MR) is 124 cm³/mol. The summed E-state index contributed by atoms with van der Waals surface area (Å²) in [6.07, 6.45) is 3.43. The highest BCUT2D eigenvalue weighted by molar-refractivity contribution is 5.94. The first-order valence-electron chi connectivity index (χ1n) is 11.1. The second-order valence-electron chi connectivity index (χ2n) is 7.72. The number of hydrogen-bond acceptors (Lipinski definition) is 10. The molecule has 0 aliphatic rings. The van der Waals surface area contributed by atoms with E-state index in [-0.39, 0.29) is 74.0 Å². The maximum Gasteiger partial charge on any atom is 0.303 e. The minimum Gasteiger partial charge on any atom is -0.481 e. The molecule has 0 saturated carbocycles. The van der Waals surface area contributed by atoms with Crippen molar-refractivity contribution in [1.29, 1.82) is 0 Å². The van der Waals surface area contributed by atoms with Gasteiger partial charge in [0.2, 0.25) is 17.6 Å². The lowest BCUT2D eigenvalue weighted by atomic mass is 10.0. The average Bonchev–Trinajstić information content (AvgIpc) is 2.84. The molecule has 0 aliphatic carbocycles. The number of Topliss-reactive ketones (excluding diaryl/α,β-unsaturated/α-hetero) is 1. The van der Waals surface area contributed by atoms with E-state index in [2.05, 4.69) is 35.7 Å². The van der Waals surface area contributed by atoms with Crippen LogP contribution in [-0.2, 0) is 25.6 Å². The van der Waals surface area contributed by atoms with Crippen LogP contribution in [0.25, 0.3) is 23.0 Å². The Labute approximate surface area is 205 Å². The standard InChI is InChI=1S/C23H23N7O6/c31-15(6-1-9-18(33)34)13-14-5-3-11-24-20(14)22-27-29-23(30-28-22)21-16(7-4-12-25-21)26-17(32)8-2-10-19(35)36/h3-5,7,11-12H,1-2,6,8-10,13H2,(H,26,32)(H,33,34)(H,35,36). The third kappa shape index (κ3) is 7.68.